The second-order valence-electron chi connectivity index (χ2n) is 4.44. The van der Waals surface area contributed by atoms with Gasteiger partial charge in [0.05, 0.1) is 0 Å². The Bertz CT molecular complexity index is 693. The summed E-state index contributed by atoms with van der Waals surface area (Å²) in [5, 5.41) is 1.75. The molecule has 0 spiro atoms. The van der Waals surface area contributed by atoms with Crippen LogP contribution in [0.1, 0.15) is 5.56 Å². The molecular formula is C15H17NO3S2. The van der Waals surface area contributed by atoms with E-state index in [1.165, 1.54) is 15.6 Å². The number of benzene rings is 1. The molecule has 1 aromatic carbocycles. The van der Waals surface area contributed by atoms with Gasteiger partial charge >= 0.3 is 0 Å². The van der Waals surface area contributed by atoms with Crippen LogP contribution in [0.5, 0.6) is 5.75 Å². The first kappa shape index (κ1) is 15.8. The lowest BCUT2D eigenvalue weighted by Crippen LogP contribution is -2.25. The number of ether oxygens (including phenoxy) is 1. The van der Waals surface area contributed by atoms with Crippen LogP contribution in [0.4, 0.5) is 0 Å². The van der Waals surface area contributed by atoms with Gasteiger partial charge in [0.25, 0.3) is 10.0 Å². The summed E-state index contributed by atoms with van der Waals surface area (Å²) in [6.45, 7) is 4.32. The molecule has 112 valence electrons. The zero-order valence-electron chi connectivity index (χ0n) is 11.7. The third-order valence-corrected chi connectivity index (χ3v) is 6.01. The minimum atomic E-state index is -3.43. The van der Waals surface area contributed by atoms with E-state index in [-0.39, 0.29) is 0 Å². The lowest BCUT2D eigenvalue weighted by atomic mass is 10.2. The van der Waals surface area contributed by atoms with Crippen molar-refractivity contribution in [1.82, 2.24) is 4.31 Å². The molecule has 0 fully saturated rings. The highest BCUT2D eigenvalue weighted by atomic mass is 32.2. The summed E-state index contributed by atoms with van der Waals surface area (Å²) in [6.07, 6.45) is 1.67. The van der Waals surface area contributed by atoms with Crippen LogP contribution in [0.3, 0.4) is 0 Å². The van der Waals surface area contributed by atoms with E-state index in [0.717, 1.165) is 5.56 Å². The maximum absolute atomic E-state index is 12.3. The van der Waals surface area contributed by atoms with E-state index >= 15 is 0 Å². The largest absolute Gasteiger partial charge is 0.490 e. The number of rotatable bonds is 7. The molecule has 0 aliphatic rings. The van der Waals surface area contributed by atoms with Gasteiger partial charge < -0.3 is 4.74 Å². The van der Waals surface area contributed by atoms with Gasteiger partial charge in [0.15, 0.2) is 0 Å². The van der Waals surface area contributed by atoms with Crippen molar-refractivity contribution in [1.29, 1.82) is 0 Å². The normalized spacial score (nSPS) is 11.5. The molecule has 0 aliphatic carbocycles. The third kappa shape index (κ3) is 3.93. The summed E-state index contributed by atoms with van der Waals surface area (Å²) in [4.78, 5) is 0. The standard InChI is InChI=1S/C15H17NO3S2/c1-3-9-19-14-7-4-6-13(11-14)12-16(2)21(17,18)15-8-5-10-20-15/h3-8,10-11H,1,9,12H2,2H3. The predicted molar refractivity (Wildman–Crippen MR) is 85.1 cm³/mol. The molecule has 0 unspecified atom stereocenters. The van der Waals surface area contributed by atoms with Crippen molar-refractivity contribution in [3.05, 3.63) is 60.0 Å². The lowest BCUT2D eigenvalue weighted by Gasteiger charge is -2.16. The zero-order valence-corrected chi connectivity index (χ0v) is 13.4. The molecule has 0 saturated heterocycles. The van der Waals surface area contributed by atoms with Gasteiger partial charge in [-0.2, -0.15) is 4.31 Å². The Kier molecular flexibility index (Phi) is 5.17. The molecule has 4 nitrogen and oxygen atoms in total. The Morgan fingerprint density at radius 1 is 1.33 bits per heavy atom. The highest BCUT2D eigenvalue weighted by molar-refractivity contribution is 7.91. The van der Waals surface area contributed by atoms with E-state index in [4.69, 9.17) is 4.74 Å². The Labute approximate surface area is 129 Å². The van der Waals surface area contributed by atoms with Crippen LogP contribution in [0.15, 0.2) is 58.6 Å². The Hall–Kier alpha value is -1.63. The number of hydrogen-bond donors (Lipinski definition) is 0. The summed E-state index contributed by atoms with van der Waals surface area (Å²) < 4.78 is 31.8. The molecule has 1 heterocycles. The van der Waals surface area contributed by atoms with Crippen LogP contribution in [-0.2, 0) is 16.6 Å². The van der Waals surface area contributed by atoms with Crippen molar-refractivity contribution in [2.45, 2.75) is 10.8 Å². The lowest BCUT2D eigenvalue weighted by molar-refractivity contribution is 0.362. The van der Waals surface area contributed by atoms with Crippen molar-refractivity contribution in [2.24, 2.45) is 0 Å². The van der Waals surface area contributed by atoms with Crippen LogP contribution >= 0.6 is 11.3 Å². The van der Waals surface area contributed by atoms with Crippen LogP contribution in [-0.4, -0.2) is 26.4 Å². The van der Waals surface area contributed by atoms with Crippen molar-refractivity contribution in [3.8, 4) is 5.75 Å². The molecule has 1 aromatic heterocycles. The minimum Gasteiger partial charge on any atom is -0.490 e. The van der Waals surface area contributed by atoms with Crippen LogP contribution < -0.4 is 4.74 Å². The smallest absolute Gasteiger partial charge is 0.252 e. The minimum absolute atomic E-state index is 0.297. The second-order valence-corrected chi connectivity index (χ2v) is 7.66. The van der Waals surface area contributed by atoms with Crippen molar-refractivity contribution < 1.29 is 13.2 Å². The van der Waals surface area contributed by atoms with E-state index < -0.39 is 10.0 Å². The molecule has 0 N–H and O–H groups in total. The molecule has 2 rings (SSSR count). The molecule has 2 aromatic rings. The fourth-order valence-electron chi connectivity index (χ4n) is 1.79. The Morgan fingerprint density at radius 2 is 2.14 bits per heavy atom. The molecule has 6 heteroatoms. The quantitative estimate of drug-likeness (QED) is 0.736. The third-order valence-electron chi connectivity index (χ3n) is 2.83. The van der Waals surface area contributed by atoms with Gasteiger partial charge in [-0.1, -0.05) is 30.9 Å². The molecule has 21 heavy (non-hydrogen) atoms. The van der Waals surface area contributed by atoms with Crippen molar-refractivity contribution in [2.75, 3.05) is 13.7 Å². The van der Waals surface area contributed by atoms with Crippen molar-refractivity contribution >= 4 is 21.4 Å². The number of sulfonamides is 1. The summed E-state index contributed by atoms with van der Waals surface area (Å²) in [6, 6.07) is 10.7. The molecule has 0 atom stereocenters. The fraction of sp³-hybridized carbons (Fsp3) is 0.200. The summed E-state index contributed by atoms with van der Waals surface area (Å²) in [7, 11) is -1.85. The molecule has 0 bridgehead atoms. The van der Waals surface area contributed by atoms with Gasteiger partial charge in [-0.05, 0) is 29.1 Å². The average molecular weight is 323 g/mol. The predicted octanol–water partition coefficient (Wildman–Crippen LogP) is 3.13. The summed E-state index contributed by atoms with van der Waals surface area (Å²) >= 11 is 1.22. The number of hydrogen-bond acceptors (Lipinski definition) is 4. The van der Waals surface area contributed by atoms with Crippen LogP contribution in [0.2, 0.25) is 0 Å². The van der Waals surface area contributed by atoms with Gasteiger partial charge in [0.2, 0.25) is 0 Å². The molecule has 0 aliphatic heterocycles. The van der Waals surface area contributed by atoms with E-state index in [2.05, 4.69) is 6.58 Å². The van der Waals surface area contributed by atoms with Crippen LogP contribution in [0, 0.1) is 0 Å². The highest BCUT2D eigenvalue weighted by Crippen LogP contribution is 2.22. The maximum Gasteiger partial charge on any atom is 0.252 e. The van der Waals surface area contributed by atoms with Gasteiger partial charge in [-0.3, -0.25) is 0 Å². The molecular weight excluding hydrogens is 306 g/mol. The fourth-order valence-corrected chi connectivity index (χ4v) is 4.15. The molecule has 0 radical (unpaired) electrons. The van der Waals surface area contributed by atoms with E-state index in [0.29, 0.717) is 23.1 Å². The molecule has 0 amide bonds. The molecule has 0 saturated carbocycles. The number of nitrogens with zero attached hydrogens (tertiary/aromatic N) is 1. The average Bonchev–Trinajstić information content (AvgIpc) is 3.00. The summed E-state index contributed by atoms with van der Waals surface area (Å²) in [5.74, 6) is 0.703. The first-order valence-corrected chi connectivity index (χ1v) is 8.68. The van der Waals surface area contributed by atoms with Gasteiger partial charge in [-0.25, -0.2) is 8.42 Å². The Balaban J connectivity index is 2.12. The zero-order chi connectivity index (χ0) is 15.3. The second kappa shape index (κ2) is 6.89. The topological polar surface area (TPSA) is 46.6 Å². The maximum atomic E-state index is 12.3. The van der Waals surface area contributed by atoms with Gasteiger partial charge in [0.1, 0.15) is 16.6 Å². The first-order valence-electron chi connectivity index (χ1n) is 6.36. The van der Waals surface area contributed by atoms with E-state index in [1.54, 1.807) is 30.6 Å². The highest BCUT2D eigenvalue weighted by Gasteiger charge is 2.21. The first-order chi connectivity index (χ1) is 10.0. The number of thiophene rings is 1. The Morgan fingerprint density at radius 3 is 2.81 bits per heavy atom. The van der Waals surface area contributed by atoms with Crippen molar-refractivity contribution in [3.63, 3.8) is 0 Å². The van der Waals surface area contributed by atoms with Gasteiger partial charge in [-0.15, -0.1) is 11.3 Å². The SMILES string of the molecule is C=CCOc1cccc(CN(C)S(=O)(=O)c2cccs2)c1. The van der Waals surface area contributed by atoms with Gasteiger partial charge in [0, 0.05) is 13.6 Å². The van der Waals surface area contributed by atoms with E-state index in [1.807, 2.05) is 24.3 Å². The summed E-state index contributed by atoms with van der Waals surface area (Å²) in [5.41, 5.74) is 0.874. The van der Waals surface area contributed by atoms with E-state index in [9.17, 15) is 8.42 Å². The van der Waals surface area contributed by atoms with Crippen LogP contribution in [0.25, 0.3) is 0 Å². The monoisotopic (exact) mass is 323 g/mol.